The Hall–Kier alpha value is -1.22. The second-order valence-corrected chi connectivity index (χ2v) is 11.5. The molecule has 0 bridgehead atoms. The molecule has 1 aliphatic rings. The van der Waals surface area contributed by atoms with E-state index in [0.29, 0.717) is 0 Å². The molecule has 1 N–H and O–H groups in total. The minimum Gasteiger partial charge on any atom is -0.224 e. The number of thiophene rings is 1. The summed E-state index contributed by atoms with van der Waals surface area (Å²) in [5.41, 5.74) is 0. The van der Waals surface area contributed by atoms with E-state index in [9.17, 15) is 16.8 Å². The van der Waals surface area contributed by atoms with E-state index in [4.69, 9.17) is 0 Å². The van der Waals surface area contributed by atoms with Crippen LogP contribution in [0.4, 0.5) is 0 Å². The Morgan fingerprint density at radius 3 is 2.19 bits per heavy atom. The van der Waals surface area contributed by atoms with E-state index < -0.39 is 19.9 Å². The first-order valence-corrected chi connectivity index (χ1v) is 12.7. The largest absolute Gasteiger partial charge is 0.240 e. The van der Waals surface area contributed by atoms with Gasteiger partial charge in [-0.15, -0.1) is 11.3 Å². The summed E-state index contributed by atoms with van der Waals surface area (Å²) in [5.74, 6) is 0.361. The van der Waals surface area contributed by atoms with Crippen LogP contribution >= 0.6 is 11.3 Å². The van der Waals surface area contributed by atoms with Crippen molar-refractivity contribution in [1.82, 2.24) is 4.72 Å². The number of nitrogens with one attached hydrogen (secondary N) is 1. The molecule has 1 aromatic carbocycles. The van der Waals surface area contributed by atoms with Crippen molar-refractivity contribution in [3.63, 3.8) is 0 Å². The molecule has 142 valence electrons. The summed E-state index contributed by atoms with van der Waals surface area (Å²) in [7, 11) is -7.05. The van der Waals surface area contributed by atoms with Crippen molar-refractivity contribution in [1.29, 1.82) is 0 Å². The Morgan fingerprint density at radius 1 is 0.923 bits per heavy atom. The molecule has 8 heteroatoms. The molecule has 0 atom stereocenters. The van der Waals surface area contributed by atoms with Crippen LogP contribution in [0.3, 0.4) is 0 Å². The van der Waals surface area contributed by atoms with Gasteiger partial charge in [0, 0.05) is 11.4 Å². The molecule has 0 saturated heterocycles. The first-order valence-electron chi connectivity index (χ1n) is 8.72. The van der Waals surface area contributed by atoms with Crippen molar-refractivity contribution in [3.8, 4) is 0 Å². The van der Waals surface area contributed by atoms with Crippen LogP contribution in [-0.2, 0) is 26.4 Å². The lowest BCUT2D eigenvalue weighted by atomic mass is 9.91. The highest BCUT2D eigenvalue weighted by atomic mass is 32.2. The third kappa shape index (κ3) is 4.94. The van der Waals surface area contributed by atoms with Gasteiger partial charge >= 0.3 is 0 Å². The fourth-order valence-corrected chi connectivity index (χ4v) is 6.69. The van der Waals surface area contributed by atoms with Gasteiger partial charge in [0.05, 0.1) is 15.5 Å². The standard InChI is InChI=1S/C18H23NO4S3/c20-25(21,14-15-5-2-1-3-6-15)17-8-10-18(11-9-17)26(22,23)19-13-16-7-4-12-24-16/h4,7-12,15,19H,1-3,5-6,13-14H2. The average molecular weight is 414 g/mol. The monoisotopic (exact) mass is 413 g/mol. The number of benzene rings is 1. The zero-order chi connectivity index (χ0) is 18.6. The van der Waals surface area contributed by atoms with Gasteiger partial charge in [0.2, 0.25) is 10.0 Å². The molecule has 5 nitrogen and oxygen atoms in total. The summed E-state index contributed by atoms with van der Waals surface area (Å²) in [5, 5.41) is 1.88. The highest BCUT2D eigenvalue weighted by Crippen LogP contribution is 2.27. The number of sulfonamides is 1. The average Bonchev–Trinajstić information content (AvgIpc) is 3.14. The zero-order valence-electron chi connectivity index (χ0n) is 14.4. The van der Waals surface area contributed by atoms with E-state index in [-0.39, 0.29) is 28.0 Å². The smallest absolute Gasteiger partial charge is 0.224 e. The first kappa shape index (κ1) is 19.5. The fourth-order valence-electron chi connectivity index (χ4n) is 3.25. The fraction of sp³-hybridized carbons (Fsp3) is 0.444. The van der Waals surface area contributed by atoms with Gasteiger partial charge in [-0.2, -0.15) is 0 Å². The van der Waals surface area contributed by atoms with Crippen LogP contribution in [0, 0.1) is 5.92 Å². The maximum Gasteiger partial charge on any atom is 0.240 e. The molecule has 3 rings (SSSR count). The van der Waals surface area contributed by atoms with E-state index in [1.165, 1.54) is 42.0 Å². The lowest BCUT2D eigenvalue weighted by molar-refractivity contribution is 0.385. The molecule has 1 aliphatic carbocycles. The number of hydrogen-bond donors (Lipinski definition) is 1. The Bertz CT molecular complexity index is 911. The molecular weight excluding hydrogens is 390 g/mol. The van der Waals surface area contributed by atoms with E-state index >= 15 is 0 Å². The van der Waals surface area contributed by atoms with Crippen LogP contribution in [0.15, 0.2) is 51.6 Å². The van der Waals surface area contributed by atoms with Gasteiger partial charge in [-0.1, -0.05) is 25.3 Å². The number of hydrogen-bond acceptors (Lipinski definition) is 5. The van der Waals surface area contributed by atoms with Gasteiger partial charge in [0.15, 0.2) is 9.84 Å². The summed E-state index contributed by atoms with van der Waals surface area (Å²) in [6.45, 7) is 0.224. The lowest BCUT2D eigenvalue weighted by Crippen LogP contribution is -2.23. The summed E-state index contributed by atoms with van der Waals surface area (Å²) < 4.78 is 52.4. The quantitative estimate of drug-likeness (QED) is 0.752. The van der Waals surface area contributed by atoms with Gasteiger partial charge in [-0.3, -0.25) is 0 Å². The molecule has 0 spiro atoms. The van der Waals surface area contributed by atoms with Crippen molar-refractivity contribution in [2.24, 2.45) is 5.92 Å². The third-order valence-corrected chi connectivity index (χ3v) is 8.88. The van der Waals surface area contributed by atoms with E-state index in [1.807, 2.05) is 17.5 Å². The predicted octanol–water partition coefficient (Wildman–Crippen LogP) is 3.58. The first-order chi connectivity index (χ1) is 12.4. The SMILES string of the molecule is O=S(=O)(CC1CCCCC1)c1ccc(S(=O)(=O)NCc2cccs2)cc1. The second kappa shape index (κ2) is 8.21. The van der Waals surface area contributed by atoms with Gasteiger partial charge in [0.1, 0.15) is 0 Å². The zero-order valence-corrected chi connectivity index (χ0v) is 16.9. The van der Waals surface area contributed by atoms with Gasteiger partial charge in [-0.05, 0) is 54.5 Å². The molecule has 0 unspecified atom stereocenters. The Kier molecular flexibility index (Phi) is 6.17. The van der Waals surface area contributed by atoms with E-state index in [2.05, 4.69) is 4.72 Å². The molecule has 2 aromatic rings. The molecule has 1 aromatic heterocycles. The maximum atomic E-state index is 12.6. The van der Waals surface area contributed by atoms with E-state index in [1.54, 1.807) is 0 Å². The van der Waals surface area contributed by atoms with Crippen molar-refractivity contribution in [2.45, 2.75) is 48.4 Å². The normalized spacial score (nSPS) is 16.6. The second-order valence-electron chi connectivity index (χ2n) is 6.66. The summed E-state index contributed by atoms with van der Waals surface area (Å²) in [6.07, 6.45) is 5.28. The number of rotatable bonds is 7. The van der Waals surface area contributed by atoms with Crippen LogP contribution in [0.2, 0.25) is 0 Å². The molecule has 1 heterocycles. The minimum atomic E-state index is -3.66. The Balaban J connectivity index is 1.68. The van der Waals surface area contributed by atoms with Crippen LogP contribution in [0.1, 0.15) is 37.0 Å². The van der Waals surface area contributed by atoms with Crippen LogP contribution < -0.4 is 4.72 Å². The van der Waals surface area contributed by atoms with Crippen molar-refractivity contribution < 1.29 is 16.8 Å². The highest BCUT2D eigenvalue weighted by Gasteiger charge is 2.23. The van der Waals surface area contributed by atoms with Crippen molar-refractivity contribution in [3.05, 3.63) is 46.7 Å². The predicted molar refractivity (Wildman–Crippen MR) is 103 cm³/mol. The molecular formula is C18H23NO4S3. The topological polar surface area (TPSA) is 80.3 Å². The van der Waals surface area contributed by atoms with Crippen LogP contribution in [-0.4, -0.2) is 22.6 Å². The molecule has 1 saturated carbocycles. The van der Waals surface area contributed by atoms with Gasteiger partial charge in [0.25, 0.3) is 0 Å². The molecule has 0 aliphatic heterocycles. The molecule has 1 fully saturated rings. The van der Waals surface area contributed by atoms with Crippen molar-refractivity contribution >= 4 is 31.2 Å². The maximum absolute atomic E-state index is 12.6. The van der Waals surface area contributed by atoms with Gasteiger partial charge in [-0.25, -0.2) is 21.6 Å². The minimum absolute atomic E-state index is 0.0747. The van der Waals surface area contributed by atoms with E-state index in [0.717, 1.165) is 30.6 Å². The van der Waals surface area contributed by atoms with Crippen LogP contribution in [0.5, 0.6) is 0 Å². The molecule has 0 amide bonds. The summed E-state index contributed by atoms with van der Waals surface area (Å²) >= 11 is 1.47. The number of sulfone groups is 1. The molecule has 0 radical (unpaired) electrons. The Labute approximate surface area is 159 Å². The lowest BCUT2D eigenvalue weighted by Gasteiger charge is -2.21. The summed E-state index contributed by atoms with van der Waals surface area (Å²) in [4.78, 5) is 1.19. The van der Waals surface area contributed by atoms with Crippen molar-refractivity contribution in [2.75, 3.05) is 5.75 Å². The Morgan fingerprint density at radius 2 is 1.58 bits per heavy atom. The van der Waals surface area contributed by atoms with Crippen LogP contribution in [0.25, 0.3) is 0 Å². The third-order valence-electron chi connectivity index (χ3n) is 4.69. The summed E-state index contributed by atoms with van der Waals surface area (Å²) in [6, 6.07) is 9.25. The molecule has 26 heavy (non-hydrogen) atoms. The van der Waals surface area contributed by atoms with Gasteiger partial charge < -0.3 is 0 Å². The highest BCUT2D eigenvalue weighted by molar-refractivity contribution is 7.91.